The number of rotatable bonds is 5. The second-order valence-electron chi connectivity index (χ2n) is 12.7. The molecule has 2 heterocycles. The number of amides is 2. The average molecular weight is 685 g/mol. The molecule has 250 valence electrons. The molecule has 9 rings (SSSR count). The second-order valence-corrected chi connectivity index (χ2v) is 12.7. The van der Waals surface area contributed by atoms with Crippen molar-refractivity contribution in [3.63, 3.8) is 0 Å². The molecule has 0 saturated carbocycles. The maximum absolute atomic E-state index is 15.1. The molecule has 8 aromatic rings. The minimum Gasteiger partial charge on any atom is -0.308 e. The quantitative estimate of drug-likeness (QED) is 0.169. The molecule has 0 radical (unpaired) electrons. The van der Waals surface area contributed by atoms with E-state index in [1.165, 1.54) is 11.0 Å². The Morgan fingerprint density at radius 2 is 1.00 bits per heavy atom. The normalized spacial score (nSPS) is 12.9. The van der Waals surface area contributed by atoms with Crippen LogP contribution in [0.3, 0.4) is 0 Å². The third kappa shape index (κ3) is 4.93. The molecule has 0 unspecified atom stereocenters. The number of fused-ring (bicyclic) bond motifs is 4. The molecule has 7 heteroatoms. The molecule has 2 amide bonds. The Labute approximate surface area is 296 Å². The number of carbonyl (C=O) groups excluding carboxylic acids is 2. The molecule has 0 bridgehead atoms. The Bertz CT molecular complexity index is 2640. The summed E-state index contributed by atoms with van der Waals surface area (Å²) < 4.78 is 43.8. The van der Waals surface area contributed by atoms with Crippen molar-refractivity contribution in [2.45, 2.75) is 6.18 Å². The van der Waals surface area contributed by atoms with E-state index < -0.39 is 23.6 Å². The molecule has 0 aliphatic carbocycles. The summed E-state index contributed by atoms with van der Waals surface area (Å²) >= 11 is 0. The number of imide groups is 1. The Hall–Kier alpha value is -6.73. The number of halogens is 3. The summed E-state index contributed by atoms with van der Waals surface area (Å²) in [5.41, 5.74) is 6.01. The van der Waals surface area contributed by atoms with Gasteiger partial charge in [0.2, 0.25) is 0 Å². The summed E-state index contributed by atoms with van der Waals surface area (Å²) in [5.74, 6) is -1.07. The summed E-state index contributed by atoms with van der Waals surface area (Å²) in [6, 6.07) is 49.1. The smallest absolute Gasteiger partial charge is 0.308 e. The lowest BCUT2D eigenvalue weighted by Crippen LogP contribution is -2.30. The standard InChI is InChI=1S/C45H27F3N2O2/c46-45(47,48)32-23-24-34-33-19-10-11-21-38(33)49(40(34)27-32)39-22-12-20-35-41(39)44(52)50(43(35)51)42-36(29-15-6-2-7-16-29)25-31(28-13-4-1-5-14-28)26-37(42)30-17-8-3-9-18-30/h1-27H. The monoisotopic (exact) mass is 684 g/mol. The van der Waals surface area contributed by atoms with E-state index in [4.69, 9.17) is 0 Å². The van der Waals surface area contributed by atoms with Gasteiger partial charge in [-0.05, 0) is 64.7 Å². The largest absolute Gasteiger partial charge is 0.416 e. The van der Waals surface area contributed by atoms with Crippen LogP contribution >= 0.6 is 0 Å². The molecule has 1 aliphatic rings. The van der Waals surface area contributed by atoms with Gasteiger partial charge in [0.1, 0.15) is 0 Å². The van der Waals surface area contributed by atoms with E-state index in [0.29, 0.717) is 33.4 Å². The number of carbonyl (C=O) groups is 2. The zero-order chi connectivity index (χ0) is 35.6. The molecule has 0 spiro atoms. The Morgan fingerprint density at radius 3 is 1.62 bits per heavy atom. The number of aromatic nitrogens is 1. The average Bonchev–Trinajstić information content (AvgIpc) is 3.65. The summed E-state index contributed by atoms with van der Waals surface area (Å²) in [5, 5.41) is 1.33. The van der Waals surface area contributed by atoms with Crippen molar-refractivity contribution in [1.82, 2.24) is 4.57 Å². The van der Waals surface area contributed by atoms with E-state index in [9.17, 15) is 18.0 Å². The number of benzene rings is 7. The Balaban J connectivity index is 1.32. The van der Waals surface area contributed by atoms with Gasteiger partial charge in [-0.1, -0.05) is 121 Å². The van der Waals surface area contributed by atoms with Crippen LogP contribution in [0.2, 0.25) is 0 Å². The maximum atomic E-state index is 15.1. The minimum absolute atomic E-state index is 0.123. The fraction of sp³-hybridized carbons (Fsp3) is 0.0222. The lowest BCUT2D eigenvalue weighted by Gasteiger charge is -2.24. The van der Waals surface area contributed by atoms with Crippen molar-refractivity contribution in [2.24, 2.45) is 0 Å². The zero-order valence-electron chi connectivity index (χ0n) is 27.4. The summed E-state index contributed by atoms with van der Waals surface area (Å²) in [4.78, 5) is 31.0. The topological polar surface area (TPSA) is 42.3 Å². The van der Waals surface area contributed by atoms with E-state index in [-0.39, 0.29) is 16.6 Å². The van der Waals surface area contributed by atoms with E-state index in [2.05, 4.69) is 0 Å². The van der Waals surface area contributed by atoms with Crippen LogP contribution in [0.25, 0.3) is 60.9 Å². The fourth-order valence-electron chi connectivity index (χ4n) is 7.41. The summed E-state index contributed by atoms with van der Waals surface area (Å²) in [6.07, 6.45) is -4.58. The third-order valence-corrected chi connectivity index (χ3v) is 9.75. The minimum atomic E-state index is -4.58. The predicted octanol–water partition coefficient (Wildman–Crippen LogP) is 11.6. The van der Waals surface area contributed by atoms with Crippen LogP contribution in [0.4, 0.5) is 18.9 Å². The summed E-state index contributed by atoms with van der Waals surface area (Å²) in [7, 11) is 0. The number of nitrogens with zero attached hydrogens (tertiary/aromatic N) is 2. The first-order valence-corrected chi connectivity index (χ1v) is 16.8. The molecule has 1 aromatic heterocycles. The predicted molar refractivity (Wildman–Crippen MR) is 200 cm³/mol. The van der Waals surface area contributed by atoms with Gasteiger partial charge >= 0.3 is 6.18 Å². The van der Waals surface area contributed by atoms with E-state index in [0.717, 1.165) is 39.8 Å². The van der Waals surface area contributed by atoms with Crippen molar-refractivity contribution in [3.8, 4) is 39.1 Å². The lowest BCUT2D eigenvalue weighted by molar-refractivity contribution is -0.137. The van der Waals surface area contributed by atoms with Crippen LogP contribution in [0.15, 0.2) is 164 Å². The van der Waals surface area contributed by atoms with E-state index >= 15 is 4.79 Å². The van der Waals surface area contributed by atoms with E-state index in [1.54, 1.807) is 28.8 Å². The highest BCUT2D eigenvalue weighted by Crippen LogP contribution is 2.47. The van der Waals surface area contributed by atoms with Crippen molar-refractivity contribution < 1.29 is 22.8 Å². The first kappa shape index (κ1) is 31.3. The SMILES string of the molecule is O=C1c2cccc(-n3c4ccccc4c4ccc(C(F)(F)F)cc43)c2C(=O)N1c1c(-c2ccccc2)cc(-c2ccccc2)cc1-c1ccccc1. The first-order chi connectivity index (χ1) is 25.3. The molecule has 0 N–H and O–H groups in total. The molecule has 52 heavy (non-hydrogen) atoms. The van der Waals surface area contributed by atoms with Gasteiger partial charge in [0.15, 0.2) is 0 Å². The molecule has 4 nitrogen and oxygen atoms in total. The van der Waals surface area contributed by atoms with Gasteiger partial charge in [0, 0.05) is 21.9 Å². The van der Waals surface area contributed by atoms with E-state index in [1.807, 2.05) is 121 Å². The van der Waals surface area contributed by atoms with Gasteiger partial charge in [-0.2, -0.15) is 13.2 Å². The highest BCUT2D eigenvalue weighted by atomic mass is 19.4. The fourth-order valence-corrected chi connectivity index (χ4v) is 7.41. The molecule has 0 fully saturated rings. The van der Waals surface area contributed by atoms with Crippen LogP contribution in [0.5, 0.6) is 0 Å². The molecule has 0 saturated heterocycles. The highest BCUT2D eigenvalue weighted by molar-refractivity contribution is 6.37. The molecular formula is C45H27F3N2O2. The van der Waals surface area contributed by atoms with Gasteiger partial charge in [-0.3, -0.25) is 9.59 Å². The first-order valence-electron chi connectivity index (χ1n) is 16.8. The van der Waals surface area contributed by atoms with Crippen molar-refractivity contribution in [1.29, 1.82) is 0 Å². The zero-order valence-corrected chi connectivity index (χ0v) is 27.4. The van der Waals surface area contributed by atoms with Crippen LogP contribution in [0, 0.1) is 0 Å². The van der Waals surface area contributed by atoms with Crippen LogP contribution in [-0.2, 0) is 6.18 Å². The van der Waals surface area contributed by atoms with Crippen LogP contribution in [-0.4, -0.2) is 16.4 Å². The van der Waals surface area contributed by atoms with Crippen molar-refractivity contribution in [2.75, 3.05) is 4.90 Å². The second kappa shape index (κ2) is 12.0. The van der Waals surface area contributed by atoms with Gasteiger partial charge in [-0.15, -0.1) is 0 Å². The van der Waals surface area contributed by atoms with Gasteiger partial charge < -0.3 is 4.57 Å². The molecule has 0 atom stereocenters. The van der Waals surface area contributed by atoms with Crippen LogP contribution in [0.1, 0.15) is 26.3 Å². The third-order valence-electron chi connectivity index (χ3n) is 9.75. The van der Waals surface area contributed by atoms with Gasteiger partial charge in [0.25, 0.3) is 11.8 Å². The van der Waals surface area contributed by atoms with Gasteiger partial charge in [-0.25, -0.2) is 4.90 Å². The highest BCUT2D eigenvalue weighted by Gasteiger charge is 2.42. The molecular weight excluding hydrogens is 658 g/mol. The van der Waals surface area contributed by atoms with Crippen molar-refractivity contribution in [3.05, 3.63) is 180 Å². The number of anilines is 1. The molecule has 1 aliphatic heterocycles. The number of alkyl halides is 3. The van der Waals surface area contributed by atoms with Crippen LogP contribution < -0.4 is 4.90 Å². The number of hydrogen-bond donors (Lipinski definition) is 0. The summed E-state index contributed by atoms with van der Waals surface area (Å²) in [6.45, 7) is 0. The van der Waals surface area contributed by atoms with Gasteiger partial charge in [0.05, 0.1) is 39.1 Å². The van der Waals surface area contributed by atoms with Crippen molar-refractivity contribution >= 4 is 39.3 Å². The Kier molecular flexibility index (Phi) is 7.19. The number of para-hydroxylation sites is 1. The lowest BCUT2D eigenvalue weighted by atomic mass is 9.90. The molecule has 7 aromatic carbocycles. The maximum Gasteiger partial charge on any atom is 0.416 e. The number of hydrogen-bond acceptors (Lipinski definition) is 2. The Morgan fingerprint density at radius 1 is 0.442 bits per heavy atom.